The number of anilines is 1. The van der Waals surface area contributed by atoms with Gasteiger partial charge < -0.3 is 9.73 Å². The minimum absolute atomic E-state index is 0.242. The summed E-state index contributed by atoms with van der Waals surface area (Å²) in [7, 11) is 1.84. The Morgan fingerprint density at radius 3 is 2.84 bits per heavy atom. The fourth-order valence-electron chi connectivity index (χ4n) is 2.99. The number of hydrogen-bond acceptors (Lipinski definition) is 4. The SMILES string of the molecule is Cc1c(C(=O)Nc2cnc3c(c2)c(C)nn3C)oc2c(Cl)cccc12. The summed E-state index contributed by atoms with van der Waals surface area (Å²) in [4.78, 5) is 17.0. The Labute approximate surface area is 148 Å². The number of pyridine rings is 1. The van der Waals surface area contributed by atoms with E-state index in [2.05, 4.69) is 15.4 Å². The first-order chi connectivity index (χ1) is 12.0. The van der Waals surface area contributed by atoms with Gasteiger partial charge in [-0.3, -0.25) is 9.48 Å². The van der Waals surface area contributed by atoms with Crippen LogP contribution in [0.1, 0.15) is 21.8 Å². The monoisotopic (exact) mass is 354 g/mol. The lowest BCUT2D eigenvalue weighted by Gasteiger charge is -2.04. The quantitative estimate of drug-likeness (QED) is 0.584. The van der Waals surface area contributed by atoms with Crippen molar-refractivity contribution in [2.45, 2.75) is 13.8 Å². The highest BCUT2D eigenvalue weighted by atomic mass is 35.5. The summed E-state index contributed by atoms with van der Waals surface area (Å²) in [6.45, 7) is 3.74. The topological polar surface area (TPSA) is 73.0 Å². The number of para-hydroxylation sites is 1. The minimum atomic E-state index is -0.340. The maximum Gasteiger partial charge on any atom is 0.291 e. The Kier molecular flexibility index (Phi) is 3.51. The number of furan rings is 1. The third kappa shape index (κ3) is 2.46. The lowest BCUT2D eigenvalue weighted by molar-refractivity contribution is 0.0998. The first-order valence-corrected chi connectivity index (χ1v) is 8.12. The number of aromatic nitrogens is 3. The number of halogens is 1. The zero-order chi connectivity index (χ0) is 17.7. The lowest BCUT2D eigenvalue weighted by Crippen LogP contribution is -2.12. The van der Waals surface area contributed by atoms with Crippen LogP contribution in [0.15, 0.2) is 34.9 Å². The molecule has 25 heavy (non-hydrogen) atoms. The molecular formula is C18H15ClN4O2. The van der Waals surface area contributed by atoms with Crippen LogP contribution in [-0.2, 0) is 7.05 Å². The summed E-state index contributed by atoms with van der Waals surface area (Å²) in [5, 5.41) is 9.36. The van der Waals surface area contributed by atoms with Crippen molar-refractivity contribution < 1.29 is 9.21 Å². The molecule has 0 saturated carbocycles. The zero-order valence-electron chi connectivity index (χ0n) is 13.9. The fraction of sp³-hybridized carbons (Fsp3) is 0.167. The maximum atomic E-state index is 12.6. The predicted molar refractivity (Wildman–Crippen MR) is 97.2 cm³/mol. The van der Waals surface area contributed by atoms with E-state index in [-0.39, 0.29) is 11.7 Å². The number of benzene rings is 1. The van der Waals surface area contributed by atoms with Crippen molar-refractivity contribution in [3.8, 4) is 0 Å². The maximum absolute atomic E-state index is 12.6. The van der Waals surface area contributed by atoms with Gasteiger partial charge in [0.1, 0.15) is 0 Å². The molecule has 0 unspecified atom stereocenters. The highest BCUT2D eigenvalue weighted by Crippen LogP contribution is 2.31. The molecule has 0 bridgehead atoms. The summed E-state index contributed by atoms with van der Waals surface area (Å²) in [6, 6.07) is 7.30. The Hall–Kier alpha value is -2.86. The van der Waals surface area contributed by atoms with Crippen molar-refractivity contribution in [2.24, 2.45) is 7.05 Å². The Bertz CT molecular complexity index is 1140. The van der Waals surface area contributed by atoms with Crippen LogP contribution in [0, 0.1) is 13.8 Å². The molecule has 0 aliphatic rings. The van der Waals surface area contributed by atoms with Gasteiger partial charge in [-0.25, -0.2) is 4.98 Å². The van der Waals surface area contributed by atoms with Gasteiger partial charge in [-0.15, -0.1) is 0 Å². The highest BCUT2D eigenvalue weighted by molar-refractivity contribution is 6.35. The van der Waals surface area contributed by atoms with E-state index in [1.807, 2.05) is 39.1 Å². The second kappa shape index (κ2) is 5.60. The van der Waals surface area contributed by atoms with Crippen LogP contribution in [0.25, 0.3) is 22.0 Å². The van der Waals surface area contributed by atoms with Crippen molar-refractivity contribution in [3.05, 3.63) is 52.5 Å². The van der Waals surface area contributed by atoms with Crippen LogP contribution in [0.2, 0.25) is 5.02 Å². The summed E-state index contributed by atoms with van der Waals surface area (Å²) < 4.78 is 7.41. The van der Waals surface area contributed by atoms with Crippen molar-refractivity contribution in [2.75, 3.05) is 5.32 Å². The molecule has 126 valence electrons. The van der Waals surface area contributed by atoms with E-state index < -0.39 is 0 Å². The standard InChI is InChI=1S/C18H15ClN4O2/c1-9-12-5-4-6-14(19)16(12)25-15(9)18(24)21-11-7-13-10(2)22-23(3)17(13)20-8-11/h4-8H,1-3H3,(H,21,24). The molecule has 4 aromatic rings. The van der Waals surface area contributed by atoms with E-state index in [4.69, 9.17) is 16.0 Å². The third-order valence-electron chi connectivity index (χ3n) is 4.24. The molecule has 0 fully saturated rings. The normalized spacial score (nSPS) is 11.4. The van der Waals surface area contributed by atoms with Crippen LogP contribution in [0.3, 0.4) is 0 Å². The fourth-order valence-corrected chi connectivity index (χ4v) is 3.20. The summed E-state index contributed by atoms with van der Waals surface area (Å²) in [5.74, 6) is -0.0986. The van der Waals surface area contributed by atoms with E-state index in [0.29, 0.717) is 16.3 Å². The molecular weight excluding hydrogens is 340 g/mol. The first-order valence-electron chi connectivity index (χ1n) is 7.74. The van der Waals surface area contributed by atoms with Crippen molar-refractivity contribution >= 4 is 45.2 Å². The molecule has 0 aliphatic heterocycles. The average Bonchev–Trinajstić information content (AvgIpc) is 3.06. The molecule has 7 heteroatoms. The summed E-state index contributed by atoms with van der Waals surface area (Å²) in [6.07, 6.45) is 1.60. The molecule has 0 spiro atoms. The van der Waals surface area contributed by atoms with Gasteiger partial charge >= 0.3 is 0 Å². The molecule has 0 saturated heterocycles. The van der Waals surface area contributed by atoms with Gasteiger partial charge in [0.25, 0.3) is 5.91 Å². The molecule has 0 atom stereocenters. The van der Waals surface area contributed by atoms with Gasteiger partial charge in [0.15, 0.2) is 17.0 Å². The molecule has 3 heterocycles. The zero-order valence-corrected chi connectivity index (χ0v) is 14.7. The molecule has 0 radical (unpaired) electrons. The number of fused-ring (bicyclic) bond motifs is 2. The smallest absolute Gasteiger partial charge is 0.291 e. The largest absolute Gasteiger partial charge is 0.449 e. The van der Waals surface area contributed by atoms with Gasteiger partial charge in [-0.05, 0) is 26.0 Å². The first kappa shape index (κ1) is 15.7. The van der Waals surface area contributed by atoms with Crippen LogP contribution < -0.4 is 5.32 Å². The molecule has 3 aromatic heterocycles. The van der Waals surface area contributed by atoms with Gasteiger partial charge in [-0.1, -0.05) is 23.7 Å². The number of carbonyl (C=O) groups is 1. The number of carbonyl (C=O) groups excluding carboxylic acids is 1. The number of hydrogen-bond donors (Lipinski definition) is 1. The van der Waals surface area contributed by atoms with E-state index in [9.17, 15) is 4.79 Å². The van der Waals surface area contributed by atoms with Gasteiger partial charge in [-0.2, -0.15) is 5.10 Å². The average molecular weight is 355 g/mol. The second-order valence-electron chi connectivity index (χ2n) is 5.93. The third-order valence-corrected chi connectivity index (χ3v) is 4.54. The molecule has 1 N–H and O–H groups in total. The number of nitrogens with zero attached hydrogens (tertiary/aromatic N) is 3. The van der Waals surface area contributed by atoms with E-state index >= 15 is 0 Å². The molecule has 6 nitrogen and oxygen atoms in total. The summed E-state index contributed by atoms with van der Waals surface area (Å²) in [5.41, 5.74) is 3.47. The van der Waals surface area contributed by atoms with Crippen molar-refractivity contribution in [1.82, 2.24) is 14.8 Å². The Balaban J connectivity index is 1.72. The van der Waals surface area contributed by atoms with E-state index in [1.54, 1.807) is 16.9 Å². The van der Waals surface area contributed by atoms with Crippen molar-refractivity contribution in [1.29, 1.82) is 0 Å². The van der Waals surface area contributed by atoms with Crippen LogP contribution >= 0.6 is 11.6 Å². The minimum Gasteiger partial charge on any atom is -0.449 e. The Morgan fingerprint density at radius 1 is 1.28 bits per heavy atom. The number of aryl methyl sites for hydroxylation is 3. The lowest BCUT2D eigenvalue weighted by atomic mass is 10.1. The number of amides is 1. The number of rotatable bonds is 2. The van der Waals surface area contributed by atoms with Crippen molar-refractivity contribution in [3.63, 3.8) is 0 Å². The van der Waals surface area contributed by atoms with Gasteiger partial charge in [0.2, 0.25) is 0 Å². The predicted octanol–water partition coefficient (Wildman–Crippen LogP) is 4.24. The number of nitrogens with one attached hydrogen (secondary N) is 1. The highest BCUT2D eigenvalue weighted by Gasteiger charge is 2.19. The molecule has 1 aromatic carbocycles. The Morgan fingerprint density at radius 2 is 2.08 bits per heavy atom. The molecule has 4 rings (SSSR count). The van der Waals surface area contributed by atoms with E-state index in [0.717, 1.165) is 27.7 Å². The van der Waals surface area contributed by atoms with Crippen LogP contribution in [-0.4, -0.2) is 20.7 Å². The molecule has 0 aliphatic carbocycles. The van der Waals surface area contributed by atoms with Gasteiger partial charge in [0.05, 0.1) is 22.6 Å². The summed E-state index contributed by atoms with van der Waals surface area (Å²) >= 11 is 6.15. The molecule has 1 amide bonds. The van der Waals surface area contributed by atoms with Gasteiger partial charge in [0, 0.05) is 23.4 Å². The van der Waals surface area contributed by atoms with E-state index in [1.165, 1.54) is 0 Å². The van der Waals surface area contributed by atoms with Crippen LogP contribution in [0.5, 0.6) is 0 Å². The van der Waals surface area contributed by atoms with Crippen LogP contribution in [0.4, 0.5) is 5.69 Å². The second-order valence-corrected chi connectivity index (χ2v) is 6.34.